The Morgan fingerprint density at radius 1 is 0.933 bits per heavy atom. The maximum Gasteiger partial charge on any atom is 0.269 e. The second kappa shape index (κ2) is 16.2. The summed E-state index contributed by atoms with van der Waals surface area (Å²) in [6.07, 6.45) is 12.8. The molecule has 0 saturated carbocycles. The summed E-state index contributed by atoms with van der Waals surface area (Å²) in [6.45, 7) is 14.3. The average Bonchev–Trinajstić information content (AvgIpc) is 2.70. The number of unbranched alkanes of at least 4 members (excludes halogenated alkanes) is 7. The molecule has 0 amide bonds. The summed E-state index contributed by atoms with van der Waals surface area (Å²) in [5, 5.41) is 11.0. The van der Waals surface area contributed by atoms with Crippen molar-refractivity contribution in [3.05, 3.63) is 39.9 Å². The molecule has 0 aromatic heterocycles. The van der Waals surface area contributed by atoms with E-state index in [-0.39, 0.29) is 15.3 Å². The minimum atomic E-state index is -0.298. The van der Waals surface area contributed by atoms with Crippen molar-refractivity contribution >= 4 is 5.69 Å². The first-order valence-corrected chi connectivity index (χ1v) is 12.0. The SMILES string of the molecule is CCCCCCCCC[N+](CC)(CCCCc1cccc([N+](=O)[O-])c1)CC(C)C.[F-]. The molecular weight excluding hydrogens is 379 g/mol. The van der Waals surface area contributed by atoms with E-state index in [1.165, 1.54) is 82.0 Å². The minimum absolute atomic E-state index is 0. The number of quaternary nitrogens is 1. The lowest BCUT2D eigenvalue weighted by Gasteiger charge is -2.39. The van der Waals surface area contributed by atoms with Crippen molar-refractivity contribution in [3.8, 4) is 0 Å². The quantitative estimate of drug-likeness (QED) is 0.163. The van der Waals surface area contributed by atoms with Crippen LogP contribution in [-0.2, 0) is 6.42 Å². The van der Waals surface area contributed by atoms with Gasteiger partial charge in [0.1, 0.15) is 0 Å². The first-order valence-electron chi connectivity index (χ1n) is 12.0. The second-order valence-electron chi connectivity index (χ2n) is 9.19. The van der Waals surface area contributed by atoms with Crippen LogP contribution in [0.2, 0.25) is 0 Å². The van der Waals surface area contributed by atoms with Gasteiger partial charge in [0.05, 0.1) is 31.1 Å². The van der Waals surface area contributed by atoms with E-state index in [0.29, 0.717) is 0 Å². The van der Waals surface area contributed by atoms with Crippen molar-refractivity contribution in [3.63, 3.8) is 0 Å². The van der Waals surface area contributed by atoms with Crippen molar-refractivity contribution in [1.82, 2.24) is 0 Å². The van der Waals surface area contributed by atoms with Crippen molar-refractivity contribution in [1.29, 1.82) is 0 Å². The second-order valence-corrected chi connectivity index (χ2v) is 9.19. The molecular formula is C25H45FN2O2. The van der Waals surface area contributed by atoms with Crippen LogP contribution in [0.25, 0.3) is 0 Å². The third kappa shape index (κ3) is 11.6. The number of benzene rings is 1. The van der Waals surface area contributed by atoms with Crippen LogP contribution >= 0.6 is 0 Å². The molecule has 1 unspecified atom stereocenters. The molecule has 0 aliphatic rings. The number of rotatable bonds is 17. The van der Waals surface area contributed by atoms with Gasteiger partial charge in [-0.1, -0.05) is 65.0 Å². The van der Waals surface area contributed by atoms with Crippen LogP contribution in [0.5, 0.6) is 0 Å². The summed E-state index contributed by atoms with van der Waals surface area (Å²) in [4.78, 5) is 10.7. The van der Waals surface area contributed by atoms with E-state index < -0.39 is 0 Å². The zero-order valence-corrected chi connectivity index (χ0v) is 19.9. The largest absolute Gasteiger partial charge is 1.00 e. The van der Waals surface area contributed by atoms with Crippen LogP contribution in [0.4, 0.5) is 5.69 Å². The Bertz CT molecular complexity index is 580. The normalized spacial score (nSPS) is 13.1. The molecule has 0 saturated heterocycles. The summed E-state index contributed by atoms with van der Waals surface area (Å²) >= 11 is 0. The fraction of sp³-hybridized carbons (Fsp3) is 0.760. The van der Waals surface area contributed by atoms with E-state index in [4.69, 9.17) is 0 Å². The Morgan fingerprint density at radius 3 is 2.10 bits per heavy atom. The van der Waals surface area contributed by atoms with Gasteiger partial charge in [0, 0.05) is 18.1 Å². The molecule has 0 radical (unpaired) electrons. The number of halogens is 1. The van der Waals surface area contributed by atoms with E-state index in [1.807, 2.05) is 6.07 Å². The molecule has 0 N–H and O–H groups in total. The highest BCUT2D eigenvalue weighted by molar-refractivity contribution is 5.34. The molecule has 1 aromatic rings. The highest BCUT2D eigenvalue weighted by Gasteiger charge is 2.25. The van der Waals surface area contributed by atoms with Crippen molar-refractivity contribution < 1.29 is 14.1 Å². The van der Waals surface area contributed by atoms with E-state index >= 15 is 0 Å². The molecule has 5 heteroatoms. The first kappa shape index (κ1) is 28.5. The highest BCUT2D eigenvalue weighted by Crippen LogP contribution is 2.19. The molecule has 0 bridgehead atoms. The lowest BCUT2D eigenvalue weighted by Crippen LogP contribution is -3.00. The van der Waals surface area contributed by atoms with Gasteiger partial charge >= 0.3 is 0 Å². The summed E-state index contributed by atoms with van der Waals surface area (Å²) in [5.41, 5.74) is 1.30. The maximum atomic E-state index is 11.0. The predicted octanol–water partition coefficient (Wildman–Crippen LogP) is 4.16. The van der Waals surface area contributed by atoms with E-state index in [1.54, 1.807) is 18.2 Å². The first-order chi connectivity index (χ1) is 13.9. The molecule has 4 nitrogen and oxygen atoms in total. The van der Waals surface area contributed by atoms with E-state index in [0.717, 1.165) is 24.3 Å². The van der Waals surface area contributed by atoms with Crippen LogP contribution in [0.1, 0.15) is 91.0 Å². The van der Waals surface area contributed by atoms with Gasteiger partial charge in [-0.15, -0.1) is 0 Å². The molecule has 30 heavy (non-hydrogen) atoms. The summed E-state index contributed by atoms with van der Waals surface area (Å²) in [6, 6.07) is 7.13. The number of nitro benzene ring substituents is 1. The van der Waals surface area contributed by atoms with Crippen LogP contribution in [0, 0.1) is 16.0 Å². The molecule has 0 aliphatic carbocycles. The van der Waals surface area contributed by atoms with Gasteiger partial charge < -0.3 is 9.19 Å². The van der Waals surface area contributed by atoms with Gasteiger partial charge in [0.2, 0.25) is 0 Å². The fourth-order valence-electron chi connectivity index (χ4n) is 4.52. The third-order valence-corrected chi connectivity index (χ3v) is 6.13. The standard InChI is InChI=1S/C25H45N2O2.FH/c1-5-7-8-9-10-11-13-19-27(6-2,22-23(3)4)20-14-12-16-24-17-15-18-25(21-24)26(28)29;/h15,17-18,21,23H,5-14,16,19-20,22H2,1-4H3;1H/q+1;/p-1. The van der Waals surface area contributed by atoms with Crippen molar-refractivity contribution in [2.75, 3.05) is 26.2 Å². The van der Waals surface area contributed by atoms with Crippen molar-refractivity contribution in [2.24, 2.45) is 5.92 Å². The number of nitro groups is 1. The van der Waals surface area contributed by atoms with Crippen LogP contribution < -0.4 is 4.70 Å². The molecule has 0 aliphatic heterocycles. The number of aryl methyl sites for hydroxylation is 1. The number of hydrogen-bond acceptors (Lipinski definition) is 2. The molecule has 1 rings (SSSR count). The summed E-state index contributed by atoms with van der Waals surface area (Å²) in [7, 11) is 0. The van der Waals surface area contributed by atoms with Crippen LogP contribution in [0.15, 0.2) is 24.3 Å². The Morgan fingerprint density at radius 2 is 1.53 bits per heavy atom. The van der Waals surface area contributed by atoms with Gasteiger partial charge in [0.25, 0.3) is 5.69 Å². The third-order valence-electron chi connectivity index (χ3n) is 6.13. The zero-order chi connectivity index (χ0) is 21.5. The lowest BCUT2D eigenvalue weighted by molar-refractivity contribution is -0.929. The van der Waals surface area contributed by atoms with Gasteiger partial charge in [-0.05, 0) is 44.6 Å². The summed E-state index contributed by atoms with van der Waals surface area (Å²) < 4.78 is 1.24. The average molecular weight is 425 g/mol. The Kier molecular flexibility index (Phi) is 15.4. The minimum Gasteiger partial charge on any atom is -1.00 e. The zero-order valence-electron chi connectivity index (χ0n) is 19.9. The molecule has 174 valence electrons. The molecule has 0 heterocycles. The van der Waals surface area contributed by atoms with Gasteiger partial charge in [-0.3, -0.25) is 10.1 Å². The van der Waals surface area contributed by atoms with Gasteiger partial charge in [-0.25, -0.2) is 0 Å². The fourth-order valence-corrected chi connectivity index (χ4v) is 4.52. The predicted molar refractivity (Wildman–Crippen MR) is 124 cm³/mol. The summed E-state index contributed by atoms with van der Waals surface area (Å²) in [5.74, 6) is 0.719. The van der Waals surface area contributed by atoms with E-state index in [2.05, 4.69) is 27.7 Å². The number of non-ortho nitro benzene ring substituents is 1. The number of nitrogens with zero attached hydrogens (tertiary/aromatic N) is 2. The van der Waals surface area contributed by atoms with Crippen molar-refractivity contribution in [2.45, 2.75) is 91.9 Å². The molecule has 0 fully saturated rings. The van der Waals surface area contributed by atoms with Gasteiger partial charge in [0.15, 0.2) is 0 Å². The lowest BCUT2D eigenvalue weighted by atomic mass is 10.0. The van der Waals surface area contributed by atoms with Crippen LogP contribution in [-0.4, -0.2) is 35.6 Å². The van der Waals surface area contributed by atoms with E-state index in [9.17, 15) is 10.1 Å². The van der Waals surface area contributed by atoms with Gasteiger partial charge in [-0.2, -0.15) is 0 Å². The highest BCUT2D eigenvalue weighted by atomic mass is 19.0. The Balaban J connectivity index is 0.00000841. The molecule has 1 aromatic carbocycles. The smallest absolute Gasteiger partial charge is 0.269 e. The molecule has 1 atom stereocenters. The topological polar surface area (TPSA) is 43.1 Å². The molecule has 0 spiro atoms. The maximum absolute atomic E-state index is 11.0. The Labute approximate surface area is 184 Å². The monoisotopic (exact) mass is 424 g/mol. The number of hydrogen-bond donors (Lipinski definition) is 0. The van der Waals surface area contributed by atoms with Crippen LogP contribution in [0.3, 0.4) is 0 Å². The Hall–Kier alpha value is -1.49.